The van der Waals surface area contributed by atoms with Gasteiger partial charge in [0, 0.05) is 12.4 Å². The predicted molar refractivity (Wildman–Crippen MR) is 62.1 cm³/mol. The molecule has 1 aliphatic rings. The van der Waals surface area contributed by atoms with Crippen molar-refractivity contribution < 1.29 is 5.11 Å². The molecule has 0 amide bonds. The summed E-state index contributed by atoms with van der Waals surface area (Å²) in [5.41, 5.74) is 1.70. The Kier molecular flexibility index (Phi) is 2.40. The number of hydrogen-bond acceptors (Lipinski definition) is 2. The zero-order valence-electron chi connectivity index (χ0n) is 9.21. The molecule has 1 atom stereocenters. The minimum Gasteiger partial charge on any atom is -0.387 e. The van der Waals surface area contributed by atoms with Crippen molar-refractivity contribution in [1.82, 2.24) is 9.38 Å². The fourth-order valence-electron chi connectivity index (χ4n) is 2.06. The molecule has 2 aromatic rings. The highest BCUT2D eigenvalue weighted by Gasteiger charge is 2.23. The van der Waals surface area contributed by atoms with Crippen molar-refractivity contribution >= 4 is 5.65 Å². The topological polar surface area (TPSA) is 37.5 Å². The van der Waals surface area contributed by atoms with Gasteiger partial charge in [-0.2, -0.15) is 0 Å². The summed E-state index contributed by atoms with van der Waals surface area (Å²) >= 11 is 0. The van der Waals surface area contributed by atoms with Crippen LogP contribution in [0, 0.1) is 5.92 Å². The SMILES string of the molecule is OC(CCC1CC1)c1cn2ccccc2n1. The van der Waals surface area contributed by atoms with Crippen molar-refractivity contribution in [3.8, 4) is 0 Å². The molecular weight excluding hydrogens is 200 g/mol. The molecule has 0 aromatic carbocycles. The molecule has 0 aliphatic heterocycles. The van der Waals surface area contributed by atoms with E-state index in [2.05, 4.69) is 4.98 Å². The Labute approximate surface area is 94.7 Å². The highest BCUT2D eigenvalue weighted by atomic mass is 16.3. The highest BCUT2D eigenvalue weighted by molar-refractivity contribution is 5.39. The van der Waals surface area contributed by atoms with Gasteiger partial charge in [0.25, 0.3) is 0 Å². The van der Waals surface area contributed by atoms with Crippen molar-refractivity contribution in [2.75, 3.05) is 0 Å². The second-order valence-corrected chi connectivity index (χ2v) is 4.67. The summed E-state index contributed by atoms with van der Waals surface area (Å²) in [5.74, 6) is 0.867. The molecule has 0 saturated heterocycles. The molecule has 0 bridgehead atoms. The quantitative estimate of drug-likeness (QED) is 0.852. The van der Waals surface area contributed by atoms with Crippen LogP contribution in [0.1, 0.15) is 37.5 Å². The van der Waals surface area contributed by atoms with E-state index < -0.39 is 6.10 Å². The van der Waals surface area contributed by atoms with Gasteiger partial charge < -0.3 is 9.51 Å². The fourth-order valence-corrected chi connectivity index (χ4v) is 2.06. The van der Waals surface area contributed by atoms with Gasteiger partial charge in [0.1, 0.15) is 5.65 Å². The third-order valence-corrected chi connectivity index (χ3v) is 3.27. The summed E-state index contributed by atoms with van der Waals surface area (Å²) in [6, 6.07) is 5.88. The summed E-state index contributed by atoms with van der Waals surface area (Å²) in [6.45, 7) is 0. The second kappa shape index (κ2) is 3.91. The standard InChI is InChI=1S/C13H16N2O/c16-12(7-6-10-4-5-10)11-9-15-8-2-1-3-13(15)14-11/h1-3,8-10,12,16H,4-7H2. The lowest BCUT2D eigenvalue weighted by Gasteiger charge is -2.05. The van der Waals surface area contributed by atoms with E-state index in [0.717, 1.165) is 30.1 Å². The summed E-state index contributed by atoms with van der Waals surface area (Å²) in [7, 11) is 0. The number of nitrogens with zero attached hydrogens (tertiary/aromatic N) is 2. The molecule has 16 heavy (non-hydrogen) atoms. The fraction of sp³-hybridized carbons (Fsp3) is 0.462. The molecule has 0 spiro atoms. The van der Waals surface area contributed by atoms with Crippen LogP contribution in [0.4, 0.5) is 0 Å². The molecule has 2 aromatic heterocycles. The third kappa shape index (κ3) is 1.95. The lowest BCUT2D eigenvalue weighted by Crippen LogP contribution is -1.98. The van der Waals surface area contributed by atoms with E-state index in [1.807, 2.05) is 35.0 Å². The van der Waals surface area contributed by atoms with Crippen LogP contribution in [0.3, 0.4) is 0 Å². The number of pyridine rings is 1. The van der Waals surface area contributed by atoms with Crippen molar-refractivity contribution in [3.63, 3.8) is 0 Å². The summed E-state index contributed by atoms with van der Waals surface area (Å²) in [4.78, 5) is 4.42. The lowest BCUT2D eigenvalue weighted by atomic mass is 10.1. The smallest absolute Gasteiger partial charge is 0.137 e. The Morgan fingerprint density at radius 3 is 3.06 bits per heavy atom. The average molecular weight is 216 g/mol. The summed E-state index contributed by atoms with van der Waals surface area (Å²) in [5, 5.41) is 10.0. The molecule has 3 nitrogen and oxygen atoms in total. The van der Waals surface area contributed by atoms with E-state index in [0.29, 0.717) is 0 Å². The minimum absolute atomic E-state index is 0.402. The maximum absolute atomic E-state index is 10.0. The first-order valence-electron chi connectivity index (χ1n) is 5.94. The first kappa shape index (κ1) is 9.85. The van der Waals surface area contributed by atoms with Crippen LogP contribution in [0.2, 0.25) is 0 Å². The highest BCUT2D eigenvalue weighted by Crippen LogP contribution is 2.35. The molecule has 2 heterocycles. The van der Waals surface area contributed by atoms with E-state index in [1.54, 1.807) is 0 Å². The molecule has 3 heteroatoms. The van der Waals surface area contributed by atoms with Gasteiger partial charge in [0.2, 0.25) is 0 Å². The first-order valence-corrected chi connectivity index (χ1v) is 5.94. The average Bonchev–Trinajstić information content (AvgIpc) is 3.02. The van der Waals surface area contributed by atoms with Gasteiger partial charge in [-0.05, 0) is 30.9 Å². The van der Waals surface area contributed by atoms with Gasteiger partial charge in [0.05, 0.1) is 11.8 Å². The molecule has 1 saturated carbocycles. The van der Waals surface area contributed by atoms with Gasteiger partial charge >= 0.3 is 0 Å². The van der Waals surface area contributed by atoms with Gasteiger partial charge in [-0.1, -0.05) is 18.9 Å². The van der Waals surface area contributed by atoms with E-state index in [-0.39, 0.29) is 0 Å². The number of aliphatic hydroxyl groups excluding tert-OH is 1. The van der Waals surface area contributed by atoms with Crippen molar-refractivity contribution in [2.24, 2.45) is 5.92 Å². The van der Waals surface area contributed by atoms with Crippen molar-refractivity contribution in [1.29, 1.82) is 0 Å². The predicted octanol–water partition coefficient (Wildman–Crippen LogP) is 2.56. The van der Waals surface area contributed by atoms with E-state index in [4.69, 9.17) is 0 Å². The van der Waals surface area contributed by atoms with Crippen LogP contribution < -0.4 is 0 Å². The molecular formula is C13H16N2O. The normalized spacial score (nSPS) is 17.8. The number of aliphatic hydroxyl groups is 1. The molecule has 1 aliphatic carbocycles. The zero-order chi connectivity index (χ0) is 11.0. The maximum Gasteiger partial charge on any atom is 0.137 e. The van der Waals surface area contributed by atoms with Crippen LogP contribution in [-0.2, 0) is 0 Å². The lowest BCUT2D eigenvalue weighted by molar-refractivity contribution is 0.158. The van der Waals surface area contributed by atoms with E-state index in [1.165, 1.54) is 12.8 Å². The summed E-state index contributed by atoms with van der Waals surface area (Å²) in [6.07, 6.45) is 8.15. The number of fused-ring (bicyclic) bond motifs is 1. The zero-order valence-corrected chi connectivity index (χ0v) is 9.21. The van der Waals surface area contributed by atoms with Crippen LogP contribution in [-0.4, -0.2) is 14.5 Å². The molecule has 1 fully saturated rings. The van der Waals surface area contributed by atoms with E-state index in [9.17, 15) is 5.11 Å². The first-order chi connectivity index (χ1) is 7.83. The van der Waals surface area contributed by atoms with Crippen molar-refractivity contribution in [3.05, 3.63) is 36.3 Å². The monoisotopic (exact) mass is 216 g/mol. The Balaban J connectivity index is 1.76. The van der Waals surface area contributed by atoms with Gasteiger partial charge in [0.15, 0.2) is 0 Å². The van der Waals surface area contributed by atoms with Gasteiger partial charge in [-0.15, -0.1) is 0 Å². The second-order valence-electron chi connectivity index (χ2n) is 4.67. The van der Waals surface area contributed by atoms with Crippen LogP contribution in [0.5, 0.6) is 0 Å². The molecule has 1 unspecified atom stereocenters. The third-order valence-electron chi connectivity index (χ3n) is 3.27. The Hall–Kier alpha value is -1.35. The molecule has 1 N–H and O–H groups in total. The van der Waals surface area contributed by atoms with Crippen LogP contribution in [0.15, 0.2) is 30.6 Å². The van der Waals surface area contributed by atoms with Crippen LogP contribution in [0.25, 0.3) is 5.65 Å². The minimum atomic E-state index is -0.402. The van der Waals surface area contributed by atoms with Gasteiger partial charge in [-0.25, -0.2) is 4.98 Å². The number of imidazole rings is 1. The maximum atomic E-state index is 10.0. The number of rotatable bonds is 4. The number of hydrogen-bond donors (Lipinski definition) is 1. The Morgan fingerprint density at radius 2 is 2.31 bits per heavy atom. The Morgan fingerprint density at radius 1 is 1.44 bits per heavy atom. The summed E-state index contributed by atoms with van der Waals surface area (Å²) < 4.78 is 1.95. The molecule has 3 rings (SSSR count). The Bertz CT molecular complexity index is 454. The van der Waals surface area contributed by atoms with Crippen molar-refractivity contribution in [2.45, 2.75) is 31.8 Å². The largest absolute Gasteiger partial charge is 0.387 e. The molecule has 0 radical (unpaired) electrons. The van der Waals surface area contributed by atoms with Crippen LogP contribution >= 0.6 is 0 Å². The molecule has 84 valence electrons. The van der Waals surface area contributed by atoms with E-state index >= 15 is 0 Å². The van der Waals surface area contributed by atoms with Gasteiger partial charge in [-0.3, -0.25) is 0 Å². The number of aromatic nitrogens is 2.